The molecular formula is C15H30N2O2. The SMILES string of the molecule is CCNC(C)(CN1CCC(CC)CC1)C(=O)OCC. The van der Waals surface area contributed by atoms with Crippen molar-refractivity contribution in [2.75, 3.05) is 32.8 Å². The van der Waals surface area contributed by atoms with Crippen molar-refractivity contribution in [2.45, 2.75) is 52.5 Å². The highest BCUT2D eigenvalue weighted by molar-refractivity contribution is 5.80. The van der Waals surface area contributed by atoms with Gasteiger partial charge in [0.25, 0.3) is 0 Å². The van der Waals surface area contributed by atoms with Gasteiger partial charge in [-0.25, -0.2) is 0 Å². The molecule has 0 amide bonds. The Morgan fingerprint density at radius 1 is 1.32 bits per heavy atom. The van der Waals surface area contributed by atoms with Crippen molar-refractivity contribution < 1.29 is 9.53 Å². The molecule has 0 saturated carbocycles. The maximum absolute atomic E-state index is 12.1. The summed E-state index contributed by atoms with van der Waals surface area (Å²) >= 11 is 0. The van der Waals surface area contributed by atoms with Gasteiger partial charge in [0.05, 0.1) is 6.61 Å². The van der Waals surface area contributed by atoms with Gasteiger partial charge in [0.2, 0.25) is 0 Å². The summed E-state index contributed by atoms with van der Waals surface area (Å²) in [6.45, 7) is 12.3. The monoisotopic (exact) mass is 270 g/mol. The number of likely N-dealkylation sites (N-methyl/N-ethyl adjacent to an activating group) is 1. The molecule has 4 heteroatoms. The van der Waals surface area contributed by atoms with Crippen LogP contribution in [0.2, 0.25) is 0 Å². The predicted octanol–water partition coefficient (Wildman–Crippen LogP) is 2.04. The first-order valence-electron chi connectivity index (χ1n) is 7.70. The number of carbonyl (C=O) groups is 1. The Labute approximate surface area is 117 Å². The fourth-order valence-corrected chi connectivity index (χ4v) is 2.87. The number of ether oxygens (including phenoxy) is 1. The number of carbonyl (C=O) groups excluding carboxylic acids is 1. The molecule has 1 aliphatic heterocycles. The Balaban J connectivity index is 2.56. The van der Waals surface area contributed by atoms with Crippen LogP contribution in [0.4, 0.5) is 0 Å². The minimum Gasteiger partial charge on any atom is -0.465 e. The van der Waals surface area contributed by atoms with Gasteiger partial charge in [0.15, 0.2) is 0 Å². The average molecular weight is 270 g/mol. The average Bonchev–Trinajstić information content (AvgIpc) is 2.40. The van der Waals surface area contributed by atoms with E-state index in [9.17, 15) is 4.79 Å². The summed E-state index contributed by atoms with van der Waals surface area (Å²) in [5.41, 5.74) is -0.580. The summed E-state index contributed by atoms with van der Waals surface area (Å²) in [5.74, 6) is 0.735. The highest BCUT2D eigenvalue weighted by atomic mass is 16.5. The molecule has 1 unspecified atom stereocenters. The molecule has 0 radical (unpaired) electrons. The number of hydrogen-bond acceptors (Lipinski definition) is 4. The minimum atomic E-state index is -0.580. The lowest BCUT2D eigenvalue weighted by molar-refractivity contribution is -0.151. The van der Waals surface area contributed by atoms with Gasteiger partial charge in [0, 0.05) is 6.54 Å². The quantitative estimate of drug-likeness (QED) is 0.719. The van der Waals surface area contributed by atoms with Crippen LogP contribution in [0.25, 0.3) is 0 Å². The Kier molecular flexibility index (Phi) is 6.80. The second kappa shape index (κ2) is 7.85. The van der Waals surface area contributed by atoms with E-state index in [-0.39, 0.29) is 5.97 Å². The highest BCUT2D eigenvalue weighted by Crippen LogP contribution is 2.21. The van der Waals surface area contributed by atoms with Gasteiger partial charge in [-0.3, -0.25) is 4.79 Å². The third-order valence-corrected chi connectivity index (χ3v) is 4.12. The highest BCUT2D eigenvalue weighted by Gasteiger charge is 2.36. The normalized spacial score (nSPS) is 21.1. The van der Waals surface area contributed by atoms with E-state index in [1.54, 1.807) is 0 Å². The van der Waals surface area contributed by atoms with Crippen LogP contribution in [0, 0.1) is 5.92 Å². The summed E-state index contributed by atoms with van der Waals surface area (Å²) in [5, 5.41) is 3.30. The molecule has 112 valence electrons. The van der Waals surface area contributed by atoms with E-state index < -0.39 is 5.54 Å². The zero-order valence-corrected chi connectivity index (χ0v) is 13.0. The molecule has 0 aromatic heterocycles. The number of likely N-dealkylation sites (tertiary alicyclic amines) is 1. The van der Waals surface area contributed by atoms with Gasteiger partial charge in [-0.2, -0.15) is 0 Å². The summed E-state index contributed by atoms with van der Waals surface area (Å²) in [6.07, 6.45) is 3.78. The third kappa shape index (κ3) is 4.77. The maximum Gasteiger partial charge on any atom is 0.327 e. The van der Waals surface area contributed by atoms with E-state index in [2.05, 4.69) is 17.1 Å². The van der Waals surface area contributed by atoms with Crippen molar-refractivity contribution in [3.05, 3.63) is 0 Å². The molecule has 4 nitrogen and oxygen atoms in total. The van der Waals surface area contributed by atoms with Crippen molar-refractivity contribution >= 4 is 5.97 Å². The second-order valence-electron chi connectivity index (χ2n) is 5.71. The zero-order chi connectivity index (χ0) is 14.3. The largest absolute Gasteiger partial charge is 0.465 e. The topological polar surface area (TPSA) is 41.6 Å². The first kappa shape index (κ1) is 16.4. The molecule has 0 spiro atoms. The number of nitrogens with zero attached hydrogens (tertiary/aromatic N) is 1. The molecule has 0 aromatic carbocycles. The van der Waals surface area contributed by atoms with Crippen LogP contribution in [-0.4, -0.2) is 49.2 Å². The number of piperidine rings is 1. The van der Waals surface area contributed by atoms with Crippen LogP contribution < -0.4 is 5.32 Å². The van der Waals surface area contributed by atoms with Crippen LogP contribution in [0.5, 0.6) is 0 Å². The van der Waals surface area contributed by atoms with Gasteiger partial charge < -0.3 is 15.0 Å². The summed E-state index contributed by atoms with van der Waals surface area (Å²) < 4.78 is 5.22. The first-order chi connectivity index (χ1) is 9.05. The Hall–Kier alpha value is -0.610. The van der Waals surface area contributed by atoms with E-state index in [1.807, 2.05) is 20.8 Å². The summed E-state index contributed by atoms with van der Waals surface area (Å²) in [7, 11) is 0. The van der Waals surface area contributed by atoms with E-state index >= 15 is 0 Å². The zero-order valence-electron chi connectivity index (χ0n) is 13.0. The molecule has 0 bridgehead atoms. The number of esters is 1. The smallest absolute Gasteiger partial charge is 0.327 e. The standard InChI is InChI=1S/C15H30N2O2/c1-5-13-8-10-17(11-9-13)12-15(4,16-6-2)14(18)19-7-3/h13,16H,5-12H2,1-4H3. The van der Waals surface area contributed by atoms with Crippen LogP contribution in [0.15, 0.2) is 0 Å². The molecule has 1 N–H and O–H groups in total. The molecule has 0 aliphatic carbocycles. The van der Waals surface area contributed by atoms with Crippen molar-refractivity contribution in [1.82, 2.24) is 10.2 Å². The molecular weight excluding hydrogens is 240 g/mol. The van der Waals surface area contributed by atoms with Gasteiger partial charge in [0.1, 0.15) is 5.54 Å². The number of rotatable bonds is 7. The van der Waals surface area contributed by atoms with Gasteiger partial charge in [-0.05, 0) is 52.2 Å². The van der Waals surface area contributed by atoms with Crippen molar-refractivity contribution in [3.63, 3.8) is 0 Å². The van der Waals surface area contributed by atoms with E-state index in [0.717, 1.165) is 32.1 Å². The lowest BCUT2D eigenvalue weighted by atomic mass is 9.92. The summed E-state index contributed by atoms with van der Waals surface area (Å²) in [6, 6.07) is 0. The maximum atomic E-state index is 12.1. The second-order valence-corrected chi connectivity index (χ2v) is 5.71. The number of nitrogens with one attached hydrogen (secondary N) is 1. The molecule has 1 atom stereocenters. The number of hydrogen-bond donors (Lipinski definition) is 1. The fourth-order valence-electron chi connectivity index (χ4n) is 2.87. The Morgan fingerprint density at radius 3 is 2.42 bits per heavy atom. The van der Waals surface area contributed by atoms with Gasteiger partial charge in [-0.15, -0.1) is 0 Å². The fraction of sp³-hybridized carbons (Fsp3) is 0.933. The molecule has 1 fully saturated rings. The summed E-state index contributed by atoms with van der Waals surface area (Å²) in [4.78, 5) is 14.5. The predicted molar refractivity (Wildman–Crippen MR) is 78.2 cm³/mol. The van der Waals surface area contributed by atoms with Crippen molar-refractivity contribution in [2.24, 2.45) is 5.92 Å². The van der Waals surface area contributed by atoms with Crippen LogP contribution in [-0.2, 0) is 9.53 Å². The van der Waals surface area contributed by atoms with Gasteiger partial charge >= 0.3 is 5.97 Å². The van der Waals surface area contributed by atoms with Gasteiger partial charge in [-0.1, -0.05) is 20.3 Å². The van der Waals surface area contributed by atoms with E-state index in [4.69, 9.17) is 4.74 Å². The van der Waals surface area contributed by atoms with Crippen LogP contribution in [0.1, 0.15) is 47.0 Å². The van der Waals surface area contributed by atoms with Crippen LogP contribution >= 0.6 is 0 Å². The molecule has 1 saturated heterocycles. The third-order valence-electron chi connectivity index (χ3n) is 4.12. The Morgan fingerprint density at radius 2 is 1.95 bits per heavy atom. The molecule has 0 aromatic rings. The minimum absolute atomic E-state index is 0.130. The van der Waals surface area contributed by atoms with E-state index in [0.29, 0.717) is 6.61 Å². The Bertz CT molecular complexity index is 275. The lowest BCUT2D eigenvalue weighted by Crippen LogP contribution is -2.58. The molecule has 19 heavy (non-hydrogen) atoms. The first-order valence-corrected chi connectivity index (χ1v) is 7.70. The van der Waals surface area contributed by atoms with Crippen LogP contribution in [0.3, 0.4) is 0 Å². The van der Waals surface area contributed by atoms with Crippen molar-refractivity contribution in [3.8, 4) is 0 Å². The molecule has 1 rings (SSSR count). The van der Waals surface area contributed by atoms with E-state index in [1.165, 1.54) is 19.3 Å². The molecule has 1 heterocycles. The van der Waals surface area contributed by atoms with Crippen molar-refractivity contribution in [1.29, 1.82) is 0 Å². The molecule has 1 aliphatic rings. The lowest BCUT2D eigenvalue weighted by Gasteiger charge is -2.38.